The Hall–Kier alpha value is -2.99. The number of nitrogens with one attached hydrogen (secondary N) is 1. The Balaban J connectivity index is 1.43. The van der Waals surface area contributed by atoms with Gasteiger partial charge >= 0.3 is 0 Å². The number of amides is 1. The Morgan fingerprint density at radius 3 is 2.52 bits per heavy atom. The van der Waals surface area contributed by atoms with Crippen molar-refractivity contribution in [2.24, 2.45) is 5.73 Å². The van der Waals surface area contributed by atoms with Crippen LogP contribution in [0.2, 0.25) is 0 Å². The Kier molecular flexibility index (Phi) is 4.98. The molecule has 0 bridgehead atoms. The molecule has 3 N–H and O–H groups in total. The van der Waals surface area contributed by atoms with Crippen molar-refractivity contribution < 1.29 is 4.79 Å². The minimum Gasteiger partial charge on any atom is -0.349 e. The largest absolute Gasteiger partial charge is 0.349 e. The molecule has 1 amide bonds. The lowest BCUT2D eigenvalue weighted by atomic mass is 9.91. The number of nitrogens with two attached hydrogens (primary N) is 1. The molecule has 1 fully saturated rings. The standard InChI is InChI=1S/C21H23N5O/c22-17-7-9-18(10-8-17)25-21(27)15-6-11-20(23-12-15)16-13-24-26(14-16)19-4-2-1-3-5-19/h1-6,11-14,17-18H,7-10,22H2,(H,25,27). The lowest BCUT2D eigenvalue weighted by Crippen LogP contribution is -2.40. The summed E-state index contributed by atoms with van der Waals surface area (Å²) in [7, 11) is 0. The average Bonchev–Trinajstić information content (AvgIpc) is 3.21. The van der Waals surface area contributed by atoms with E-state index in [0.717, 1.165) is 42.6 Å². The van der Waals surface area contributed by atoms with Crippen LogP contribution < -0.4 is 11.1 Å². The molecule has 1 aliphatic rings. The van der Waals surface area contributed by atoms with E-state index in [1.165, 1.54) is 0 Å². The molecule has 27 heavy (non-hydrogen) atoms. The van der Waals surface area contributed by atoms with Gasteiger partial charge in [0.2, 0.25) is 0 Å². The van der Waals surface area contributed by atoms with E-state index in [1.54, 1.807) is 12.4 Å². The van der Waals surface area contributed by atoms with Crippen LogP contribution in [0.5, 0.6) is 0 Å². The molecule has 6 nitrogen and oxygen atoms in total. The average molecular weight is 361 g/mol. The first-order chi connectivity index (χ1) is 13.2. The summed E-state index contributed by atoms with van der Waals surface area (Å²) in [5.41, 5.74) is 9.18. The molecular weight excluding hydrogens is 338 g/mol. The molecule has 3 aromatic rings. The third kappa shape index (κ3) is 4.06. The number of para-hydroxylation sites is 1. The van der Waals surface area contributed by atoms with Crippen LogP contribution >= 0.6 is 0 Å². The van der Waals surface area contributed by atoms with Crippen LogP contribution in [0, 0.1) is 0 Å². The first kappa shape index (κ1) is 17.4. The zero-order valence-electron chi connectivity index (χ0n) is 15.1. The number of hydrogen-bond donors (Lipinski definition) is 2. The number of hydrogen-bond acceptors (Lipinski definition) is 4. The molecule has 4 rings (SSSR count). The highest BCUT2D eigenvalue weighted by Gasteiger charge is 2.20. The molecule has 2 aromatic heterocycles. The number of aromatic nitrogens is 3. The quantitative estimate of drug-likeness (QED) is 0.748. The summed E-state index contributed by atoms with van der Waals surface area (Å²) in [5.74, 6) is -0.0745. The van der Waals surface area contributed by atoms with Crippen molar-refractivity contribution in [3.8, 4) is 16.9 Å². The summed E-state index contributed by atoms with van der Waals surface area (Å²) in [6.07, 6.45) is 9.15. The first-order valence-electron chi connectivity index (χ1n) is 9.32. The maximum absolute atomic E-state index is 12.4. The Morgan fingerprint density at radius 2 is 1.81 bits per heavy atom. The smallest absolute Gasteiger partial charge is 0.253 e. The molecule has 2 heterocycles. The van der Waals surface area contributed by atoms with Crippen LogP contribution in [-0.2, 0) is 0 Å². The van der Waals surface area contributed by atoms with E-state index in [-0.39, 0.29) is 18.0 Å². The van der Waals surface area contributed by atoms with E-state index in [1.807, 2.05) is 53.3 Å². The molecule has 6 heteroatoms. The Bertz CT molecular complexity index is 896. The number of carbonyl (C=O) groups is 1. The number of pyridine rings is 1. The van der Waals surface area contributed by atoms with Crippen LogP contribution in [0.15, 0.2) is 61.1 Å². The number of nitrogens with zero attached hydrogens (tertiary/aromatic N) is 3. The number of carbonyl (C=O) groups excluding carboxylic acids is 1. The third-order valence-corrected chi connectivity index (χ3v) is 5.03. The van der Waals surface area contributed by atoms with Gasteiger partial charge in [-0.05, 0) is 49.9 Å². The maximum atomic E-state index is 12.4. The van der Waals surface area contributed by atoms with Crippen molar-refractivity contribution in [1.29, 1.82) is 0 Å². The molecule has 0 radical (unpaired) electrons. The molecule has 0 aliphatic heterocycles. The van der Waals surface area contributed by atoms with Crippen molar-refractivity contribution >= 4 is 5.91 Å². The predicted octanol–water partition coefficient (Wildman–Crippen LogP) is 2.93. The first-order valence-corrected chi connectivity index (χ1v) is 9.32. The monoisotopic (exact) mass is 361 g/mol. The van der Waals surface area contributed by atoms with Crippen LogP contribution in [-0.4, -0.2) is 32.8 Å². The molecular formula is C21H23N5O. The second kappa shape index (κ2) is 7.72. The molecule has 138 valence electrons. The molecule has 0 unspecified atom stereocenters. The third-order valence-electron chi connectivity index (χ3n) is 5.03. The van der Waals surface area contributed by atoms with Gasteiger partial charge in [0, 0.05) is 30.0 Å². The summed E-state index contributed by atoms with van der Waals surface area (Å²) in [6.45, 7) is 0. The van der Waals surface area contributed by atoms with Crippen molar-refractivity contribution in [3.05, 3.63) is 66.6 Å². The zero-order chi connectivity index (χ0) is 18.6. The number of benzene rings is 1. The second-order valence-corrected chi connectivity index (χ2v) is 7.03. The summed E-state index contributed by atoms with van der Waals surface area (Å²) in [6, 6.07) is 14.1. The summed E-state index contributed by atoms with van der Waals surface area (Å²) >= 11 is 0. The van der Waals surface area contributed by atoms with E-state index < -0.39 is 0 Å². The molecule has 0 spiro atoms. The van der Waals surface area contributed by atoms with Gasteiger partial charge < -0.3 is 11.1 Å². The minimum absolute atomic E-state index is 0.0745. The van der Waals surface area contributed by atoms with Gasteiger partial charge in [-0.2, -0.15) is 5.10 Å². The highest BCUT2D eigenvalue weighted by atomic mass is 16.1. The van der Waals surface area contributed by atoms with Crippen LogP contribution in [0.25, 0.3) is 16.9 Å². The van der Waals surface area contributed by atoms with E-state index in [4.69, 9.17) is 5.73 Å². The normalized spacial score (nSPS) is 19.6. The van der Waals surface area contributed by atoms with E-state index >= 15 is 0 Å². The van der Waals surface area contributed by atoms with Gasteiger partial charge in [0.15, 0.2) is 0 Å². The molecule has 0 atom stereocenters. The van der Waals surface area contributed by atoms with E-state index in [9.17, 15) is 4.79 Å². The van der Waals surface area contributed by atoms with Gasteiger partial charge in [0.05, 0.1) is 23.1 Å². The molecule has 1 saturated carbocycles. The summed E-state index contributed by atoms with van der Waals surface area (Å²) in [5, 5.41) is 7.48. The summed E-state index contributed by atoms with van der Waals surface area (Å²) in [4.78, 5) is 16.9. The van der Waals surface area contributed by atoms with Gasteiger partial charge in [0.1, 0.15) is 0 Å². The van der Waals surface area contributed by atoms with E-state index in [2.05, 4.69) is 15.4 Å². The Morgan fingerprint density at radius 1 is 1.04 bits per heavy atom. The fraction of sp³-hybridized carbons (Fsp3) is 0.286. The zero-order valence-corrected chi connectivity index (χ0v) is 15.1. The highest BCUT2D eigenvalue weighted by Crippen LogP contribution is 2.20. The topological polar surface area (TPSA) is 85.8 Å². The Labute approximate surface area is 158 Å². The maximum Gasteiger partial charge on any atom is 0.253 e. The predicted molar refractivity (Wildman–Crippen MR) is 104 cm³/mol. The summed E-state index contributed by atoms with van der Waals surface area (Å²) < 4.78 is 1.81. The van der Waals surface area contributed by atoms with Crippen molar-refractivity contribution in [2.45, 2.75) is 37.8 Å². The molecule has 0 saturated heterocycles. The van der Waals surface area contributed by atoms with Crippen molar-refractivity contribution in [3.63, 3.8) is 0 Å². The lowest BCUT2D eigenvalue weighted by molar-refractivity contribution is 0.0925. The van der Waals surface area contributed by atoms with Gasteiger partial charge in [-0.1, -0.05) is 18.2 Å². The number of rotatable bonds is 4. The van der Waals surface area contributed by atoms with Crippen LogP contribution in [0.1, 0.15) is 36.0 Å². The van der Waals surface area contributed by atoms with Gasteiger partial charge in [-0.15, -0.1) is 0 Å². The minimum atomic E-state index is -0.0745. The van der Waals surface area contributed by atoms with Crippen molar-refractivity contribution in [2.75, 3.05) is 0 Å². The fourth-order valence-electron chi connectivity index (χ4n) is 3.41. The molecule has 1 aromatic carbocycles. The van der Waals surface area contributed by atoms with Crippen molar-refractivity contribution in [1.82, 2.24) is 20.1 Å². The van der Waals surface area contributed by atoms with Gasteiger partial charge in [-0.3, -0.25) is 9.78 Å². The SMILES string of the molecule is NC1CCC(NC(=O)c2ccc(-c3cnn(-c4ccccc4)c3)nc2)CC1. The van der Waals surface area contributed by atoms with Gasteiger partial charge in [0.25, 0.3) is 5.91 Å². The van der Waals surface area contributed by atoms with E-state index in [0.29, 0.717) is 5.56 Å². The van der Waals surface area contributed by atoms with Crippen LogP contribution in [0.4, 0.5) is 0 Å². The van der Waals surface area contributed by atoms with Gasteiger partial charge in [-0.25, -0.2) is 4.68 Å². The second-order valence-electron chi connectivity index (χ2n) is 7.03. The fourth-order valence-corrected chi connectivity index (χ4v) is 3.41. The molecule has 1 aliphatic carbocycles. The lowest BCUT2D eigenvalue weighted by Gasteiger charge is -2.26. The van der Waals surface area contributed by atoms with Crippen LogP contribution in [0.3, 0.4) is 0 Å². The highest BCUT2D eigenvalue weighted by molar-refractivity contribution is 5.94.